The van der Waals surface area contributed by atoms with Crippen LogP contribution in [0.15, 0.2) is 52.4 Å². The van der Waals surface area contributed by atoms with Crippen LogP contribution in [0.1, 0.15) is 5.56 Å². The summed E-state index contributed by atoms with van der Waals surface area (Å²) >= 11 is 7.60. The van der Waals surface area contributed by atoms with Crippen molar-refractivity contribution >= 4 is 40.6 Å². The third-order valence-corrected chi connectivity index (χ3v) is 5.34. The second-order valence-electron chi connectivity index (χ2n) is 5.06. The minimum Gasteiger partial charge on any atom is -0.384 e. The van der Waals surface area contributed by atoms with Crippen molar-refractivity contribution in [1.29, 1.82) is 0 Å². The van der Waals surface area contributed by atoms with Gasteiger partial charge in [-0.15, -0.1) is 0 Å². The minimum absolute atomic E-state index is 0.192. The smallest absolute Gasteiger partial charge is 0.178 e. The van der Waals surface area contributed by atoms with E-state index in [9.17, 15) is 5.11 Å². The number of nitrogens with two attached hydrogens (primary N) is 1. The molecule has 6 heteroatoms. The van der Waals surface area contributed by atoms with Crippen LogP contribution in [0.3, 0.4) is 0 Å². The molecule has 2 heterocycles. The van der Waals surface area contributed by atoms with Crippen LogP contribution in [0.4, 0.5) is 11.4 Å². The summed E-state index contributed by atoms with van der Waals surface area (Å²) in [5, 5.41) is 14.7. The molecular formula is C15H12ClN3OS. The molecule has 2 aromatic rings. The second-order valence-corrected chi connectivity index (χ2v) is 6.65. The summed E-state index contributed by atoms with van der Waals surface area (Å²) < 4.78 is 0. The van der Waals surface area contributed by atoms with E-state index in [1.165, 1.54) is 0 Å². The van der Waals surface area contributed by atoms with Crippen LogP contribution in [0.5, 0.6) is 0 Å². The van der Waals surface area contributed by atoms with Crippen molar-refractivity contribution in [3.8, 4) is 0 Å². The number of halogens is 1. The van der Waals surface area contributed by atoms with Crippen molar-refractivity contribution in [2.75, 3.05) is 5.32 Å². The van der Waals surface area contributed by atoms with Gasteiger partial charge in [-0.2, -0.15) is 0 Å². The Kier molecular flexibility index (Phi) is 2.73. The zero-order chi connectivity index (χ0) is 14.6. The third kappa shape index (κ3) is 1.78. The number of hydrogen-bond acceptors (Lipinski definition) is 5. The van der Waals surface area contributed by atoms with Gasteiger partial charge in [-0.3, -0.25) is 0 Å². The molecule has 2 aliphatic heterocycles. The number of nitrogens with one attached hydrogen (secondary N) is 1. The molecule has 0 radical (unpaired) electrons. The first-order valence-corrected chi connectivity index (χ1v) is 7.74. The van der Waals surface area contributed by atoms with Crippen LogP contribution in [0.2, 0.25) is 5.02 Å². The van der Waals surface area contributed by atoms with E-state index >= 15 is 0 Å². The number of nitrogens with zero attached hydrogens (tertiary/aromatic N) is 1. The zero-order valence-corrected chi connectivity index (χ0v) is 12.4. The van der Waals surface area contributed by atoms with Gasteiger partial charge in [-0.05, 0) is 30.3 Å². The van der Waals surface area contributed by atoms with Crippen molar-refractivity contribution in [3.05, 3.63) is 53.1 Å². The van der Waals surface area contributed by atoms with Gasteiger partial charge in [0.15, 0.2) is 5.60 Å². The normalized spacial score (nSPS) is 26.0. The Morgan fingerprint density at radius 1 is 1.29 bits per heavy atom. The van der Waals surface area contributed by atoms with Crippen LogP contribution in [-0.2, 0) is 5.60 Å². The number of benzene rings is 2. The highest BCUT2D eigenvalue weighted by Crippen LogP contribution is 2.50. The highest BCUT2D eigenvalue weighted by molar-refractivity contribution is 8.00. The first-order chi connectivity index (χ1) is 10.1. The number of para-hydroxylation sites is 1. The number of amidine groups is 1. The Morgan fingerprint density at radius 3 is 2.90 bits per heavy atom. The maximum Gasteiger partial charge on any atom is 0.178 e. The summed E-state index contributed by atoms with van der Waals surface area (Å²) in [6.45, 7) is 0. The summed E-state index contributed by atoms with van der Waals surface area (Å²) in [6.07, 6.45) is 0. The van der Waals surface area contributed by atoms with Crippen molar-refractivity contribution in [3.63, 3.8) is 0 Å². The number of thioether (sulfide) groups is 1. The van der Waals surface area contributed by atoms with Gasteiger partial charge < -0.3 is 16.2 Å². The maximum atomic E-state index is 11.2. The van der Waals surface area contributed by atoms with Crippen LogP contribution in [-0.4, -0.2) is 16.3 Å². The molecule has 0 aromatic heterocycles. The monoisotopic (exact) mass is 317 g/mol. The zero-order valence-electron chi connectivity index (χ0n) is 10.9. The van der Waals surface area contributed by atoms with E-state index in [0.29, 0.717) is 16.3 Å². The topological polar surface area (TPSA) is 70.6 Å². The second kappa shape index (κ2) is 4.40. The van der Waals surface area contributed by atoms with Gasteiger partial charge in [0.2, 0.25) is 0 Å². The molecule has 0 saturated carbocycles. The molecule has 2 aromatic carbocycles. The van der Waals surface area contributed by atoms with Crippen molar-refractivity contribution in [2.45, 2.75) is 15.9 Å². The number of anilines is 1. The Balaban J connectivity index is 1.80. The first kappa shape index (κ1) is 13.0. The molecule has 0 amide bonds. The van der Waals surface area contributed by atoms with Crippen molar-refractivity contribution in [1.82, 2.24) is 0 Å². The fourth-order valence-electron chi connectivity index (χ4n) is 2.72. The van der Waals surface area contributed by atoms with E-state index < -0.39 is 5.60 Å². The first-order valence-electron chi connectivity index (χ1n) is 6.48. The van der Waals surface area contributed by atoms with E-state index in [1.807, 2.05) is 24.3 Å². The molecule has 2 unspecified atom stereocenters. The van der Waals surface area contributed by atoms with Crippen LogP contribution < -0.4 is 11.1 Å². The molecule has 0 aliphatic carbocycles. The van der Waals surface area contributed by atoms with E-state index in [2.05, 4.69) is 10.3 Å². The minimum atomic E-state index is -1.37. The van der Waals surface area contributed by atoms with Crippen LogP contribution in [0.25, 0.3) is 0 Å². The predicted octanol–water partition coefficient (Wildman–Crippen LogP) is 3.07. The SMILES string of the molecule is NC1=Nc2ccc(Cl)cc2C1(O)C1Nc2ccccc2S1. The quantitative estimate of drug-likeness (QED) is 0.756. The summed E-state index contributed by atoms with van der Waals surface area (Å²) in [7, 11) is 0. The fourth-order valence-corrected chi connectivity index (χ4v) is 4.16. The van der Waals surface area contributed by atoms with Crippen molar-refractivity contribution < 1.29 is 5.11 Å². The average Bonchev–Trinajstić information content (AvgIpc) is 3.01. The van der Waals surface area contributed by atoms with E-state index in [4.69, 9.17) is 17.3 Å². The Morgan fingerprint density at radius 2 is 2.10 bits per heavy atom. The predicted molar refractivity (Wildman–Crippen MR) is 86.3 cm³/mol. The lowest BCUT2D eigenvalue weighted by atomic mass is 9.93. The molecule has 4 rings (SSSR count). The molecule has 4 N–H and O–H groups in total. The molecule has 106 valence electrons. The summed E-state index contributed by atoms with van der Waals surface area (Å²) in [6, 6.07) is 13.2. The van der Waals surface area contributed by atoms with Crippen LogP contribution in [0, 0.1) is 0 Å². The number of aliphatic hydroxyl groups is 1. The lowest BCUT2D eigenvalue weighted by Crippen LogP contribution is -2.49. The molecular weight excluding hydrogens is 306 g/mol. The molecule has 2 aliphatic rings. The number of aliphatic imine (C=N–C) groups is 1. The molecule has 0 spiro atoms. The Bertz CT molecular complexity index is 754. The Labute approximate surface area is 131 Å². The largest absolute Gasteiger partial charge is 0.384 e. The van der Waals surface area contributed by atoms with Gasteiger partial charge in [-0.1, -0.05) is 35.5 Å². The number of hydrogen-bond donors (Lipinski definition) is 3. The van der Waals surface area contributed by atoms with Gasteiger partial charge in [0, 0.05) is 21.2 Å². The third-order valence-electron chi connectivity index (χ3n) is 3.80. The Hall–Kier alpha value is -1.69. The maximum absolute atomic E-state index is 11.2. The summed E-state index contributed by atoms with van der Waals surface area (Å²) in [5.74, 6) is 0.192. The number of fused-ring (bicyclic) bond motifs is 2. The molecule has 0 bridgehead atoms. The highest BCUT2D eigenvalue weighted by Gasteiger charge is 2.50. The fraction of sp³-hybridized carbons (Fsp3) is 0.133. The van der Waals surface area contributed by atoms with E-state index in [0.717, 1.165) is 10.6 Å². The molecule has 2 atom stereocenters. The highest BCUT2D eigenvalue weighted by atomic mass is 35.5. The number of rotatable bonds is 1. The standard InChI is InChI=1S/C15H12ClN3OS/c16-8-5-6-10-9(7-8)15(20,13(17)18-10)14-19-11-3-1-2-4-12(11)21-14/h1-7,14,19-20H,(H2,17,18). The van der Waals surface area contributed by atoms with Gasteiger partial charge in [0.1, 0.15) is 11.2 Å². The lowest BCUT2D eigenvalue weighted by Gasteiger charge is -2.30. The molecule has 0 saturated heterocycles. The molecule has 21 heavy (non-hydrogen) atoms. The van der Waals surface area contributed by atoms with E-state index in [1.54, 1.807) is 30.0 Å². The van der Waals surface area contributed by atoms with Gasteiger partial charge in [-0.25, -0.2) is 4.99 Å². The van der Waals surface area contributed by atoms with Gasteiger partial charge in [0.05, 0.1) is 5.69 Å². The average molecular weight is 318 g/mol. The van der Waals surface area contributed by atoms with Gasteiger partial charge in [0.25, 0.3) is 0 Å². The van der Waals surface area contributed by atoms with Crippen LogP contribution >= 0.6 is 23.4 Å². The summed E-state index contributed by atoms with van der Waals surface area (Å²) in [4.78, 5) is 5.37. The summed E-state index contributed by atoms with van der Waals surface area (Å²) in [5.41, 5.74) is 6.96. The molecule has 0 fully saturated rings. The van der Waals surface area contributed by atoms with Crippen molar-refractivity contribution in [2.24, 2.45) is 10.7 Å². The lowest BCUT2D eigenvalue weighted by molar-refractivity contribution is 0.119. The van der Waals surface area contributed by atoms with E-state index in [-0.39, 0.29) is 11.2 Å². The van der Waals surface area contributed by atoms with Gasteiger partial charge >= 0.3 is 0 Å². The molecule has 4 nitrogen and oxygen atoms in total.